The Morgan fingerprint density at radius 1 is 1.15 bits per heavy atom. The van der Waals surface area contributed by atoms with E-state index in [0.29, 0.717) is 41.6 Å². The molecule has 0 spiro atoms. The van der Waals surface area contributed by atoms with E-state index in [4.69, 9.17) is 0 Å². The van der Waals surface area contributed by atoms with Crippen molar-refractivity contribution >= 4 is 11.5 Å². The summed E-state index contributed by atoms with van der Waals surface area (Å²) >= 11 is 0. The highest BCUT2D eigenvalue weighted by Gasteiger charge is 2.41. The molecule has 1 aliphatic rings. The van der Waals surface area contributed by atoms with Crippen LogP contribution in [0.1, 0.15) is 50.7 Å². The molecule has 10 heteroatoms. The second kappa shape index (κ2) is 7.87. The number of halogens is 1. The van der Waals surface area contributed by atoms with Crippen LogP contribution in [0.25, 0.3) is 17.0 Å². The molecule has 1 saturated heterocycles. The van der Waals surface area contributed by atoms with Gasteiger partial charge >= 0.3 is 0 Å². The van der Waals surface area contributed by atoms with Crippen LogP contribution in [0, 0.1) is 11.3 Å². The van der Waals surface area contributed by atoms with Gasteiger partial charge in [0, 0.05) is 68.7 Å². The lowest BCUT2D eigenvalue weighted by Gasteiger charge is -2.37. The average Bonchev–Trinajstić information content (AvgIpc) is 3.45. The number of rotatable bonds is 3. The summed E-state index contributed by atoms with van der Waals surface area (Å²) in [7, 11) is 1.75. The molecule has 0 aromatic carbocycles. The minimum atomic E-state index is -1.56. The smallest absolute Gasteiger partial charge is 0.233 e. The van der Waals surface area contributed by atoms with Crippen molar-refractivity contribution in [3.05, 3.63) is 54.3 Å². The van der Waals surface area contributed by atoms with Crippen molar-refractivity contribution in [1.29, 1.82) is 5.26 Å². The normalized spacial score (nSPS) is 16.1. The Balaban J connectivity index is 1.52. The molecular formula is C24H26FN9. The van der Waals surface area contributed by atoms with Gasteiger partial charge in [-0.05, 0) is 6.07 Å². The van der Waals surface area contributed by atoms with Gasteiger partial charge in [-0.1, -0.05) is 20.8 Å². The topological polar surface area (TPSA) is 101 Å². The van der Waals surface area contributed by atoms with Crippen LogP contribution in [0.5, 0.6) is 0 Å². The van der Waals surface area contributed by atoms with Gasteiger partial charge in [-0.15, -0.1) is 10.2 Å². The van der Waals surface area contributed by atoms with Gasteiger partial charge in [0.05, 0.1) is 22.6 Å². The molecule has 0 N–H and O–H groups in total. The first-order valence-corrected chi connectivity index (χ1v) is 11.2. The summed E-state index contributed by atoms with van der Waals surface area (Å²) in [5.41, 5.74) is 1.88. The Bertz CT molecular complexity index is 1400. The van der Waals surface area contributed by atoms with E-state index in [-0.39, 0.29) is 18.3 Å². The van der Waals surface area contributed by atoms with Gasteiger partial charge in [-0.3, -0.25) is 9.38 Å². The third-order valence-corrected chi connectivity index (χ3v) is 6.38. The summed E-state index contributed by atoms with van der Waals surface area (Å²) in [6.07, 6.45) is 9.25. The van der Waals surface area contributed by atoms with Crippen molar-refractivity contribution in [3.8, 4) is 17.3 Å². The Morgan fingerprint density at radius 3 is 2.56 bits per heavy atom. The predicted octanol–water partition coefficient (Wildman–Crippen LogP) is 3.55. The minimum absolute atomic E-state index is 0.104. The summed E-state index contributed by atoms with van der Waals surface area (Å²) in [5.74, 6) is 0.944. The lowest BCUT2D eigenvalue weighted by atomic mass is 9.91. The number of fused-ring (bicyclic) bond motifs is 1. The van der Waals surface area contributed by atoms with Gasteiger partial charge in [-0.25, -0.2) is 14.4 Å². The maximum absolute atomic E-state index is 15.7. The zero-order chi connectivity index (χ0) is 24.1. The third-order valence-electron chi connectivity index (χ3n) is 6.38. The van der Waals surface area contributed by atoms with E-state index in [1.165, 1.54) is 6.33 Å². The Morgan fingerprint density at radius 2 is 1.91 bits per heavy atom. The fourth-order valence-corrected chi connectivity index (χ4v) is 4.44. The number of imidazole rings is 1. The van der Waals surface area contributed by atoms with Crippen LogP contribution in [0.2, 0.25) is 0 Å². The molecule has 0 radical (unpaired) electrons. The van der Waals surface area contributed by atoms with Crippen molar-refractivity contribution < 1.29 is 4.39 Å². The van der Waals surface area contributed by atoms with Crippen LogP contribution in [0.15, 0.2) is 37.2 Å². The first-order chi connectivity index (χ1) is 16.2. The predicted molar refractivity (Wildman–Crippen MR) is 125 cm³/mol. The second-order valence-electron chi connectivity index (χ2n) is 9.81. The molecule has 4 aromatic heterocycles. The Hall–Kier alpha value is -3.87. The number of aromatic nitrogens is 7. The maximum Gasteiger partial charge on any atom is 0.233 e. The number of nitriles is 1. The van der Waals surface area contributed by atoms with Crippen LogP contribution in [-0.4, -0.2) is 47.2 Å². The van der Waals surface area contributed by atoms with Crippen molar-refractivity contribution in [2.75, 3.05) is 18.0 Å². The monoisotopic (exact) mass is 459 g/mol. The molecule has 5 rings (SSSR count). The molecule has 4 aromatic rings. The summed E-state index contributed by atoms with van der Waals surface area (Å²) in [6, 6.07) is 3.97. The van der Waals surface area contributed by atoms with E-state index >= 15 is 4.39 Å². The molecule has 0 amide bonds. The number of anilines is 1. The van der Waals surface area contributed by atoms with Gasteiger partial charge in [0.1, 0.15) is 12.4 Å². The average molecular weight is 460 g/mol. The van der Waals surface area contributed by atoms with Crippen molar-refractivity contribution in [3.63, 3.8) is 0 Å². The number of nitrogens with zero attached hydrogens (tertiary/aromatic N) is 9. The number of pyridine rings is 1. The van der Waals surface area contributed by atoms with E-state index in [2.05, 4.69) is 52.0 Å². The third kappa shape index (κ3) is 3.67. The highest BCUT2D eigenvalue weighted by molar-refractivity contribution is 5.79. The SMILES string of the molecule is Cn1cnnc1C1(F)CCN(c2c(C#N)ccnc2-c2cnc3nc(C(C)(C)C)cn3c2)CC1. The summed E-state index contributed by atoms with van der Waals surface area (Å²) in [6.45, 7) is 7.16. The molecule has 1 fully saturated rings. The van der Waals surface area contributed by atoms with Gasteiger partial charge in [0.25, 0.3) is 0 Å². The van der Waals surface area contributed by atoms with E-state index in [9.17, 15) is 5.26 Å². The highest BCUT2D eigenvalue weighted by Crippen LogP contribution is 2.40. The van der Waals surface area contributed by atoms with E-state index in [0.717, 1.165) is 11.3 Å². The number of hydrogen-bond acceptors (Lipinski definition) is 7. The van der Waals surface area contributed by atoms with Gasteiger partial charge in [-0.2, -0.15) is 5.26 Å². The molecule has 0 atom stereocenters. The number of hydrogen-bond donors (Lipinski definition) is 0. The Labute approximate surface area is 196 Å². The van der Waals surface area contributed by atoms with Gasteiger partial charge in [0.15, 0.2) is 11.5 Å². The standard InChI is InChI=1S/C24H26FN9/c1-23(2,3)18-14-34-13-17(12-28-22(34)30-18)19-20(16(11-26)5-8-27-19)33-9-6-24(25,7-10-33)21-31-29-15-32(21)4/h5,8,12-15H,6-7,9-10H2,1-4H3. The summed E-state index contributed by atoms with van der Waals surface area (Å²) in [4.78, 5) is 15.8. The number of alkyl halides is 1. The molecule has 0 unspecified atom stereocenters. The molecule has 9 nitrogen and oxygen atoms in total. The molecule has 0 bridgehead atoms. The Kier molecular flexibility index (Phi) is 5.08. The van der Waals surface area contributed by atoms with E-state index in [1.54, 1.807) is 30.1 Å². The van der Waals surface area contributed by atoms with Crippen LogP contribution in [0.4, 0.5) is 10.1 Å². The number of aryl methyl sites for hydroxylation is 1. The van der Waals surface area contributed by atoms with Gasteiger partial charge in [0.2, 0.25) is 5.78 Å². The van der Waals surface area contributed by atoms with E-state index < -0.39 is 5.67 Å². The fraction of sp³-hybridized carbons (Fsp3) is 0.417. The maximum atomic E-state index is 15.7. The molecular weight excluding hydrogens is 433 g/mol. The number of piperidine rings is 1. The lowest BCUT2D eigenvalue weighted by Crippen LogP contribution is -2.42. The molecule has 0 saturated carbocycles. The molecule has 5 heterocycles. The quantitative estimate of drug-likeness (QED) is 0.462. The van der Waals surface area contributed by atoms with E-state index in [1.807, 2.05) is 21.7 Å². The molecule has 1 aliphatic heterocycles. The zero-order valence-electron chi connectivity index (χ0n) is 19.7. The lowest BCUT2D eigenvalue weighted by molar-refractivity contribution is 0.109. The fourth-order valence-electron chi connectivity index (χ4n) is 4.44. The first-order valence-electron chi connectivity index (χ1n) is 11.2. The van der Waals surface area contributed by atoms with Crippen LogP contribution >= 0.6 is 0 Å². The van der Waals surface area contributed by atoms with Crippen molar-refractivity contribution in [2.24, 2.45) is 7.05 Å². The van der Waals surface area contributed by atoms with Crippen molar-refractivity contribution in [2.45, 2.75) is 44.7 Å². The summed E-state index contributed by atoms with van der Waals surface area (Å²) < 4.78 is 19.2. The van der Waals surface area contributed by atoms with Gasteiger partial charge < -0.3 is 9.47 Å². The second-order valence-corrected chi connectivity index (χ2v) is 9.81. The van der Waals surface area contributed by atoms with Crippen LogP contribution < -0.4 is 4.90 Å². The molecule has 0 aliphatic carbocycles. The van der Waals surface area contributed by atoms with Crippen LogP contribution in [-0.2, 0) is 18.1 Å². The molecule has 34 heavy (non-hydrogen) atoms. The first kappa shape index (κ1) is 21.9. The van der Waals surface area contributed by atoms with Crippen LogP contribution in [0.3, 0.4) is 0 Å². The minimum Gasteiger partial charge on any atom is -0.368 e. The largest absolute Gasteiger partial charge is 0.368 e. The summed E-state index contributed by atoms with van der Waals surface area (Å²) in [5, 5.41) is 17.7. The molecule has 174 valence electrons. The van der Waals surface area contributed by atoms with Crippen molar-refractivity contribution in [1.82, 2.24) is 34.1 Å². The highest BCUT2D eigenvalue weighted by atomic mass is 19.1. The zero-order valence-corrected chi connectivity index (χ0v) is 19.7.